The average Bonchev–Trinajstić information content (AvgIpc) is 3.29. The second kappa shape index (κ2) is 13.1. The standard InChI is InChI=1S/C29H31N3O6S/c1-4-37-29(35)25-21-12-10-18(2)14-24(21)39-28(25)31-26(33)27(34)32-30-16-20-11-13-22(23(15-20)36-3)38-17-19-8-6-5-7-9-19/h5-9,11,13,15-16,18H,4,10,12,14,17H2,1-3H3,(H,31,33)(H,32,34)/b30-16-/t18-/m1/s1. The number of carbonyl (C=O) groups is 3. The predicted octanol–water partition coefficient (Wildman–Crippen LogP) is 4.73. The molecule has 2 N–H and O–H groups in total. The Balaban J connectivity index is 1.38. The third kappa shape index (κ3) is 7.02. The maximum Gasteiger partial charge on any atom is 0.341 e. The van der Waals surface area contributed by atoms with Crippen LogP contribution in [0.4, 0.5) is 5.00 Å². The molecule has 3 aromatic rings. The summed E-state index contributed by atoms with van der Waals surface area (Å²) in [5.74, 6) is -0.838. The number of nitrogens with zero attached hydrogens (tertiary/aromatic N) is 1. The van der Waals surface area contributed by atoms with Gasteiger partial charge >= 0.3 is 17.8 Å². The highest BCUT2D eigenvalue weighted by Crippen LogP contribution is 2.40. The fourth-order valence-electron chi connectivity index (χ4n) is 4.25. The van der Waals surface area contributed by atoms with Gasteiger partial charge in [-0.25, -0.2) is 10.2 Å². The van der Waals surface area contributed by atoms with Crippen LogP contribution in [0.3, 0.4) is 0 Å². The fraction of sp³-hybridized carbons (Fsp3) is 0.310. The molecule has 204 valence electrons. The summed E-state index contributed by atoms with van der Waals surface area (Å²) >= 11 is 1.32. The molecule has 0 saturated heterocycles. The molecule has 0 spiro atoms. The molecule has 2 aromatic carbocycles. The van der Waals surface area contributed by atoms with E-state index >= 15 is 0 Å². The van der Waals surface area contributed by atoms with Crippen LogP contribution < -0.4 is 20.2 Å². The summed E-state index contributed by atoms with van der Waals surface area (Å²) in [7, 11) is 1.53. The largest absolute Gasteiger partial charge is 0.493 e. The Hall–Kier alpha value is -4.18. The van der Waals surface area contributed by atoms with Gasteiger partial charge in [-0.1, -0.05) is 37.3 Å². The van der Waals surface area contributed by atoms with Gasteiger partial charge in [-0.3, -0.25) is 9.59 Å². The van der Waals surface area contributed by atoms with Crippen molar-refractivity contribution in [2.45, 2.75) is 39.7 Å². The third-order valence-corrected chi connectivity index (χ3v) is 7.40. The second-order valence-corrected chi connectivity index (χ2v) is 10.2. The van der Waals surface area contributed by atoms with E-state index < -0.39 is 17.8 Å². The lowest BCUT2D eigenvalue weighted by Crippen LogP contribution is -2.32. The van der Waals surface area contributed by atoms with E-state index in [-0.39, 0.29) is 6.61 Å². The number of hydrogen-bond acceptors (Lipinski definition) is 8. The van der Waals surface area contributed by atoms with Crippen LogP contribution in [0, 0.1) is 5.92 Å². The Bertz CT molecular complexity index is 1370. The quantitative estimate of drug-likeness (QED) is 0.173. The summed E-state index contributed by atoms with van der Waals surface area (Å²) in [6, 6.07) is 15.0. The summed E-state index contributed by atoms with van der Waals surface area (Å²) in [6.45, 7) is 4.48. The lowest BCUT2D eigenvalue weighted by Gasteiger charge is -2.18. The van der Waals surface area contributed by atoms with Crippen LogP contribution in [0.15, 0.2) is 53.6 Å². The molecule has 0 fully saturated rings. The molecule has 4 rings (SSSR count). The number of ether oxygens (including phenoxy) is 3. The molecule has 1 aliphatic carbocycles. The van der Waals surface area contributed by atoms with Crippen LogP contribution in [0.1, 0.15) is 52.2 Å². The Labute approximate surface area is 231 Å². The molecular weight excluding hydrogens is 518 g/mol. The Morgan fingerprint density at radius 1 is 1.10 bits per heavy atom. The van der Waals surface area contributed by atoms with Crippen LogP contribution in [0.5, 0.6) is 11.5 Å². The highest BCUT2D eigenvalue weighted by atomic mass is 32.1. The molecule has 2 amide bonds. The van der Waals surface area contributed by atoms with Gasteiger partial charge in [0.1, 0.15) is 11.6 Å². The number of hydrazone groups is 1. The van der Waals surface area contributed by atoms with Crippen LogP contribution >= 0.6 is 11.3 Å². The number of benzene rings is 2. The number of carbonyl (C=O) groups excluding carboxylic acids is 3. The number of thiophene rings is 1. The van der Waals surface area contributed by atoms with E-state index in [1.165, 1.54) is 24.7 Å². The van der Waals surface area contributed by atoms with Crippen molar-refractivity contribution in [3.05, 3.63) is 75.7 Å². The van der Waals surface area contributed by atoms with Gasteiger partial charge in [0, 0.05) is 4.88 Å². The SMILES string of the molecule is CCOC(=O)c1c(NC(=O)C(=O)N/N=C\c2ccc(OCc3ccccc3)c(OC)c2)sc2c1CC[C@@H](C)C2. The number of methoxy groups -OCH3 is 1. The molecule has 9 nitrogen and oxygen atoms in total. The van der Waals surface area contributed by atoms with Crippen molar-refractivity contribution in [3.8, 4) is 11.5 Å². The van der Waals surface area contributed by atoms with E-state index in [0.717, 1.165) is 35.3 Å². The van der Waals surface area contributed by atoms with Crippen LogP contribution in [-0.4, -0.2) is 37.7 Å². The van der Waals surface area contributed by atoms with Gasteiger partial charge in [-0.2, -0.15) is 5.10 Å². The molecule has 1 aliphatic rings. The summed E-state index contributed by atoms with van der Waals surface area (Å²) < 4.78 is 16.5. The second-order valence-electron chi connectivity index (χ2n) is 9.11. The molecule has 0 bridgehead atoms. The number of esters is 1. The Kier molecular flexibility index (Phi) is 9.32. The van der Waals surface area contributed by atoms with Crippen molar-refractivity contribution in [2.75, 3.05) is 19.0 Å². The van der Waals surface area contributed by atoms with E-state index in [1.807, 2.05) is 30.3 Å². The summed E-state index contributed by atoms with van der Waals surface area (Å²) in [6.07, 6.45) is 3.89. The number of rotatable bonds is 9. The Morgan fingerprint density at radius 2 is 1.90 bits per heavy atom. The van der Waals surface area contributed by atoms with Crippen molar-refractivity contribution in [2.24, 2.45) is 11.0 Å². The highest BCUT2D eigenvalue weighted by Gasteiger charge is 2.30. The number of nitrogens with one attached hydrogen (secondary N) is 2. The zero-order valence-corrected chi connectivity index (χ0v) is 22.9. The highest BCUT2D eigenvalue weighted by molar-refractivity contribution is 7.17. The first kappa shape index (κ1) is 27.8. The zero-order valence-electron chi connectivity index (χ0n) is 22.1. The molecule has 1 heterocycles. The van der Waals surface area contributed by atoms with Gasteiger partial charge in [0.2, 0.25) is 0 Å². The Morgan fingerprint density at radius 3 is 2.64 bits per heavy atom. The lowest BCUT2D eigenvalue weighted by molar-refractivity contribution is -0.136. The molecule has 39 heavy (non-hydrogen) atoms. The number of anilines is 1. The maximum absolute atomic E-state index is 12.6. The molecular formula is C29H31N3O6S. The average molecular weight is 550 g/mol. The minimum Gasteiger partial charge on any atom is -0.493 e. The first-order valence-electron chi connectivity index (χ1n) is 12.7. The lowest BCUT2D eigenvalue weighted by atomic mass is 9.88. The zero-order chi connectivity index (χ0) is 27.8. The van der Waals surface area contributed by atoms with E-state index in [9.17, 15) is 14.4 Å². The van der Waals surface area contributed by atoms with Gasteiger partial charge in [-0.15, -0.1) is 11.3 Å². The van der Waals surface area contributed by atoms with Gasteiger partial charge in [-0.05, 0) is 67.0 Å². The van der Waals surface area contributed by atoms with Crippen LogP contribution in [-0.2, 0) is 33.8 Å². The van der Waals surface area contributed by atoms with Crippen LogP contribution in [0.25, 0.3) is 0 Å². The van der Waals surface area contributed by atoms with Crippen molar-refractivity contribution in [1.29, 1.82) is 0 Å². The fourth-order valence-corrected chi connectivity index (χ4v) is 5.65. The number of fused-ring (bicyclic) bond motifs is 1. The summed E-state index contributed by atoms with van der Waals surface area (Å²) in [5.41, 5.74) is 5.12. The molecule has 1 atom stereocenters. The molecule has 0 aliphatic heterocycles. The number of amides is 2. The number of hydrogen-bond donors (Lipinski definition) is 2. The van der Waals surface area contributed by atoms with Gasteiger partial charge < -0.3 is 19.5 Å². The first-order valence-corrected chi connectivity index (χ1v) is 13.5. The van der Waals surface area contributed by atoms with Crippen molar-refractivity contribution < 1.29 is 28.6 Å². The van der Waals surface area contributed by atoms with E-state index in [0.29, 0.717) is 40.2 Å². The normalized spacial score (nSPS) is 14.4. The molecule has 0 saturated carbocycles. The van der Waals surface area contributed by atoms with Crippen molar-refractivity contribution >= 4 is 40.3 Å². The first-order chi connectivity index (χ1) is 18.9. The van der Waals surface area contributed by atoms with Gasteiger partial charge in [0.05, 0.1) is 25.5 Å². The van der Waals surface area contributed by atoms with E-state index in [4.69, 9.17) is 14.2 Å². The minimum absolute atomic E-state index is 0.216. The third-order valence-electron chi connectivity index (χ3n) is 6.23. The predicted molar refractivity (Wildman–Crippen MR) is 150 cm³/mol. The van der Waals surface area contributed by atoms with Gasteiger partial charge in [0.25, 0.3) is 0 Å². The molecule has 10 heteroatoms. The topological polar surface area (TPSA) is 115 Å². The summed E-state index contributed by atoms with van der Waals surface area (Å²) in [5, 5.41) is 6.80. The maximum atomic E-state index is 12.6. The molecule has 1 aromatic heterocycles. The van der Waals surface area contributed by atoms with Crippen molar-refractivity contribution in [3.63, 3.8) is 0 Å². The molecule has 0 radical (unpaired) electrons. The summed E-state index contributed by atoms with van der Waals surface area (Å²) in [4.78, 5) is 38.7. The molecule has 0 unspecified atom stereocenters. The van der Waals surface area contributed by atoms with Crippen LogP contribution in [0.2, 0.25) is 0 Å². The monoisotopic (exact) mass is 549 g/mol. The smallest absolute Gasteiger partial charge is 0.341 e. The van der Waals surface area contributed by atoms with E-state index in [2.05, 4.69) is 22.8 Å². The van der Waals surface area contributed by atoms with E-state index in [1.54, 1.807) is 25.1 Å². The van der Waals surface area contributed by atoms with Gasteiger partial charge in [0.15, 0.2) is 11.5 Å². The minimum atomic E-state index is -0.962. The van der Waals surface area contributed by atoms with Crippen molar-refractivity contribution in [1.82, 2.24) is 5.43 Å².